The van der Waals surface area contributed by atoms with Crippen molar-refractivity contribution in [3.8, 4) is 11.5 Å². The third-order valence-electron chi connectivity index (χ3n) is 2.24. The zero-order valence-corrected chi connectivity index (χ0v) is 11.1. The number of ether oxygens (including phenoxy) is 2. The number of hydrogen-bond acceptors (Lipinski definition) is 3. The lowest BCUT2D eigenvalue weighted by atomic mass is 10.3. The van der Waals surface area contributed by atoms with E-state index >= 15 is 0 Å². The van der Waals surface area contributed by atoms with Crippen LogP contribution in [0.25, 0.3) is 0 Å². The van der Waals surface area contributed by atoms with E-state index in [-0.39, 0.29) is 12.5 Å². The highest BCUT2D eigenvalue weighted by Crippen LogP contribution is 2.17. The van der Waals surface area contributed by atoms with E-state index in [1.807, 2.05) is 19.1 Å². The van der Waals surface area contributed by atoms with Crippen LogP contribution in [-0.4, -0.2) is 25.7 Å². The lowest BCUT2D eigenvalue weighted by Crippen LogP contribution is -2.29. The maximum atomic E-state index is 11.3. The SMILES string of the molecule is CCCNC(=O)COc1ccc(OCCC)cc1. The van der Waals surface area contributed by atoms with Crippen molar-refractivity contribution >= 4 is 5.91 Å². The Kier molecular flexibility index (Phi) is 6.69. The van der Waals surface area contributed by atoms with Gasteiger partial charge in [0.15, 0.2) is 6.61 Å². The van der Waals surface area contributed by atoms with Crippen LogP contribution in [0.15, 0.2) is 24.3 Å². The number of carbonyl (C=O) groups excluding carboxylic acids is 1. The molecule has 0 aliphatic carbocycles. The van der Waals surface area contributed by atoms with Crippen molar-refractivity contribution in [1.82, 2.24) is 5.32 Å². The Balaban J connectivity index is 2.32. The van der Waals surface area contributed by atoms with Crippen molar-refractivity contribution in [2.45, 2.75) is 26.7 Å². The molecule has 0 radical (unpaired) electrons. The molecule has 4 heteroatoms. The molecule has 0 aliphatic rings. The van der Waals surface area contributed by atoms with Gasteiger partial charge in [-0.2, -0.15) is 0 Å². The molecule has 1 N–H and O–H groups in total. The van der Waals surface area contributed by atoms with E-state index in [9.17, 15) is 4.79 Å². The second kappa shape index (κ2) is 8.39. The average molecular weight is 251 g/mol. The minimum absolute atomic E-state index is 0.0508. The van der Waals surface area contributed by atoms with Crippen molar-refractivity contribution < 1.29 is 14.3 Å². The Morgan fingerprint density at radius 2 is 1.67 bits per heavy atom. The van der Waals surface area contributed by atoms with Crippen LogP contribution < -0.4 is 14.8 Å². The Bertz CT molecular complexity index is 349. The van der Waals surface area contributed by atoms with Gasteiger partial charge in [-0.05, 0) is 37.1 Å². The Hall–Kier alpha value is -1.71. The van der Waals surface area contributed by atoms with Gasteiger partial charge in [-0.3, -0.25) is 4.79 Å². The molecule has 0 bridgehead atoms. The van der Waals surface area contributed by atoms with Crippen LogP contribution in [0.5, 0.6) is 11.5 Å². The standard InChI is InChI=1S/C14H21NO3/c1-3-9-15-14(16)11-18-13-7-5-12(6-8-13)17-10-4-2/h5-8H,3-4,9-11H2,1-2H3,(H,15,16). The molecule has 1 rings (SSSR count). The minimum atomic E-state index is -0.0943. The highest BCUT2D eigenvalue weighted by atomic mass is 16.5. The molecule has 1 amide bonds. The average Bonchev–Trinajstić information content (AvgIpc) is 2.41. The lowest BCUT2D eigenvalue weighted by molar-refractivity contribution is -0.123. The van der Waals surface area contributed by atoms with Gasteiger partial charge < -0.3 is 14.8 Å². The molecule has 0 aliphatic heterocycles. The molecule has 0 atom stereocenters. The van der Waals surface area contributed by atoms with Gasteiger partial charge in [0, 0.05) is 6.54 Å². The number of rotatable bonds is 8. The van der Waals surface area contributed by atoms with Gasteiger partial charge in [0.05, 0.1) is 6.61 Å². The molecule has 18 heavy (non-hydrogen) atoms. The zero-order valence-electron chi connectivity index (χ0n) is 11.1. The van der Waals surface area contributed by atoms with Gasteiger partial charge in [-0.1, -0.05) is 13.8 Å². The topological polar surface area (TPSA) is 47.6 Å². The van der Waals surface area contributed by atoms with E-state index in [1.165, 1.54) is 0 Å². The fraction of sp³-hybridized carbons (Fsp3) is 0.500. The molecule has 0 saturated carbocycles. The van der Waals surface area contributed by atoms with Crippen molar-refractivity contribution in [2.24, 2.45) is 0 Å². The van der Waals surface area contributed by atoms with Crippen LogP contribution in [0.3, 0.4) is 0 Å². The smallest absolute Gasteiger partial charge is 0.257 e. The fourth-order valence-corrected chi connectivity index (χ4v) is 1.32. The molecule has 0 saturated heterocycles. The first-order chi connectivity index (χ1) is 8.76. The lowest BCUT2D eigenvalue weighted by Gasteiger charge is -2.08. The maximum Gasteiger partial charge on any atom is 0.257 e. The molecule has 1 aromatic carbocycles. The van der Waals surface area contributed by atoms with Crippen molar-refractivity contribution in [3.05, 3.63) is 24.3 Å². The van der Waals surface area contributed by atoms with Gasteiger partial charge in [0.1, 0.15) is 11.5 Å². The Morgan fingerprint density at radius 1 is 1.06 bits per heavy atom. The van der Waals surface area contributed by atoms with Crippen molar-refractivity contribution in [2.75, 3.05) is 19.8 Å². The molecule has 100 valence electrons. The monoisotopic (exact) mass is 251 g/mol. The molecular formula is C14H21NO3. The summed E-state index contributed by atoms with van der Waals surface area (Å²) in [4.78, 5) is 11.3. The second-order valence-electron chi connectivity index (χ2n) is 3.96. The first-order valence-corrected chi connectivity index (χ1v) is 6.38. The molecule has 1 aromatic rings. The first kappa shape index (κ1) is 14.4. The van der Waals surface area contributed by atoms with Gasteiger partial charge >= 0.3 is 0 Å². The molecule has 0 aromatic heterocycles. The zero-order chi connectivity index (χ0) is 13.2. The molecule has 0 unspecified atom stereocenters. The van der Waals surface area contributed by atoms with Gasteiger partial charge in [0.25, 0.3) is 5.91 Å². The quantitative estimate of drug-likeness (QED) is 0.771. The summed E-state index contributed by atoms with van der Waals surface area (Å²) >= 11 is 0. The number of amides is 1. The molecule has 0 spiro atoms. The summed E-state index contributed by atoms with van der Waals surface area (Å²) in [5.74, 6) is 1.40. The Morgan fingerprint density at radius 3 is 2.22 bits per heavy atom. The summed E-state index contributed by atoms with van der Waals surface area (Å²) in [6, 6.07) is 7.29. The summed E-state index contributed by atoms with van der Waals surface area (Å²) in [5.41, 5.74) is 0. The van der Waals surface area contributed by atoms with E-state index in [0.29, 0.717) is 18.9 Å². The van der Waals surface area contributed by atoms with Crippen LogP contribution in [0.2, 0.25) is 0 Å². The normalized spacial score (nSPS) is 9.89. The summed E-state index contributed by atoms with van der Waals surface area (Å²) in [5, 5.41) is 2.75. The van der Waals surface area contributed by atoms with Gasteiger partial charge in [-0.25, -0.2) is 0 Å². The van der Waals surface area contributed by atoms with Crippen LogP contribution >= 0.6 is 0 Å². The van der Waals surface area contributed by atoms with E-state index in [2.05, 4.69) is 12.2 Å². The van der Waals surface area contributed by atoms with Crippen LogP contribution in [0, 0.1) is 0 Å². The third kappa shape index (κ3) is 5.57. The largest absolute Gasteiger partial charge is 0.494 e. The predicted octanol–water partition coefficient (Wildman–Crippen LogP) is 2.38. The van der Waals surface area contributed by atoms with E-state index < -0.39 is 0 Å². The highest BCUT2D eigenvalue weighted by molar-refractivity contribution is 5.77. The third-order valence-corrected chi connectivity index (χ3v) is 2.24. The maximum absolute atomic E-state index is 11.3. The molecule has 0 heterocycles. The summed E-state index contributed by atoms with van der Waals surface area (Å²) in [6.45, 7) is 5.52. The van der Waals surface area contributed by atoms with Gasteiger partial charge in [0.2, 0.25) is 0 Å². The number of nitrogens with one attached hydrogen (secondary N) is 1. The van der Waals surface area contributed by atoms with E-state index in [4.69, 9.17) is 9.47 Å². The van der Waals surface area contributed by atoms with Crippen molar-refractivity contribution in [3.63, 3.8) is 0 Å². The van der Waals surface area contributed by atoms with Crippen LogP contribution in [-0.2, 0) is 4.79 Å². The summed E-state index contributed by atoms with van der Waals surface area (Å²) in [7, 11) is 0. The van der Waals surface area contributed by atoms with Crippen LogP contribution in [0.1, 0.15) is 26.7 Å². The minimum Gasteiger partial charge on any atom is -0.494 e. The summed E-state index contributed by atoms with van der Waals surface area (Å²) < 4.78 is 10.8. The molecule has 4 nitrogen and oxygen atoms in total. The Labute approximate surface area is 108 Å². The number of hydrogen-bond donors (Lipinski definition) is 1. The number of benzene rings is 1. The van der Waals surface area contributed by atoms with E-state index in [0.717, 1.165) is 18.6 Å². The summed E-state index contributed by atoms with van der Waals surface area (Å²) in [6.07, 6.45) is 1.91. The first-order valence-electron chi connectivity index (χ1n) is 6.38. The fourth-order valence-electron chi connectivity index (χ4n) is 1.32. The molecule has 0 fully saturated rings. The van der Waals surface area contributed by atoms with Crippen LogP contribution in [0.4, 0.5) is 0 Å². The highest BCUT2D eigenvalue weighted by Gasteiger charge is 2.01. The molecular weight excluding hydrogens is 230 g/mol. The van der Waals surface area contributed by atoms with E-state index in [1.54, 1.807) is 12.1 Å². The van der Waals surface area contributed by atoms with Crippen molar-refractivity contribution in [1.29, 1.82) is 0 Å². The van der Waals surface area contributed by atoms with Gasteiger partial charge in [-0.15, -0.1) is 0 Å². The predicted molar refractivity (Wildman–Crippen MR) is 71.0 cm³/mol. The number of carbonyl (C=O) groups is 1. The second-order valence-corrected chi connectivity index (χ2v) is 3.96.